The zero-order valence-electron chi connectivity index (χ0n) is 27.6. The van der Waals surface area contributed by atoms with Crippen LogP contribution in [-0.2, 0) is 44.8 Å². The maximum Gasteiger partial charge on any atom is 0.243 e. The monoisotopic (exact) mass is 723 g/mol. The van der Waals surface area contributed by atoms with Gasteiger partial charge in [-0.05, 0) is 37.0 Å². The van der Waals surface area contributed by atoms with E-state index in [0.29, 0.717) is 17.7 Å². The van der Waals surface area contributed by atoms with Gasteiger partial charge in [-0.15, -0.1) is 0 Å². The van der Waals surface area contributed by atoms with Gasteiger partial charge in [-0.3, -0.25) is 38.4 Å². The van der Waals surface area contributed by atoms with Gasteiger partial charge >= 0.3 is 0 Å². The van der Waals surface area contributed by atoms with Crippen LogP contribution in [-0.4, -0.2) is 93.7 Å². The fraction of sp³-hybridized carbons (Fsp3) is 0.548. The Morgan fingerprint density at radius 2 is 1.53 bits per heavy atom. The van der Waals surface area contributed by atoms with Crippen LogP contribution in [0.5, 0.6) is 5.75 Å². The van der Waals surface area contributed by atoms with E-state index >= 15 is 0 Å². The Kier molecular flexibility index (Phi) is 17.2. The smallest absolute Gasteiger partial charge is 0.243 e. The number of benzene rings is 1. The van der Waals surface area contributed by atoms with Gasteiger partial charge in [0.25, 0.3) is 0 Å². The lowest BCUT2D eigenvalue weighted by Crippen LogP contribution is -2.60. The molecule has 16 nitrogen and oxygen atoms in total. The molecule has 1 aliphatic rings. The number of ketones is 3. The van der Waals surface area contributed by atoms with Crippen molar-refractivity contribution in [3.63, 3.8) is 0 Å². The Hall–Kier alpha value is -4.00. The van der Waals surface area contributed by atoms with Crippen LogP contribution in [0.25, 0.3) is 0 Å². The van der Waals surface area contributed by atoms with Gasteiger partial charge in [0.05, 0.1) is 24.5 Å². The number of hydrogen-bond donors (Lipinski definition) is 8. The summed E-state index contributed by atoms with van der Waals surface area (Å²) < 4.78 is 0. The van der Waals surface area contributed by atoms with Crippen LogP contribution in [0.4, 0.5) is 0 Å². The molecule has 1 saturated heterocycles. The van der Waals surface area contributed by atoms with Gasteiger partial charge in [0.15, 0.2) is 0 Å². The van der Waals surface area contributed by atoms with Crippen LogP contribution in [0.1, 0.15) is 58.4 Å². The van der Waals surface area contributed by atoms with Crippen molar-refractivity contribution >= 4 is 68.5 Å². The molecule has 6 atom stereocenters. The van der Waals surface area contributed by atoms with E-state index in [-0.39, 0.29) is 36.5 Å². The van der Waals surface area contributed by atoms with Gasteiger partial charge < -0.3 is 32.5 Å². The molecule has 2 rings (SSSR count). The first kappa shape index (κ1) is 41.2. The quantitative estimate of drug-likeness (QED) is 0.106. The molecule has 10 N–H and O–H groups in total. The summed E-state index contributed by atoms with van der Waals surface area (Å²) >= 11 is 0. The Morgan fingerprint density at radius 3 is 2.12 bits per heavy atom. The summed E-state index contributed by atoms with van der Waals surface area (Å²) in [5.74, 6) is -6.40. The number of phenolic OH excluding ortho intramolecular Hbond substituents is 1. The van der Waals surface area contributed by atoms with Crippen molar-refractivity contribution in [2.24, 2.45) is 17.4 Å². The maximum absolute atomic E-state index is 13.7. The number of nitrogens with one attached hydrogen (secondary N) is 5. The van der Waals surface area contributed by atoms with Gasteiger partial charge in [-0.1, -0.05) is 54.0 Å². The lowest BCUT2D eigenvalue weighted by Gasteiger charge is -2.29. The predicted octanol–water partition coefficient (Wildman–Crippen LogP) is -1.08. The number of primary amides is 2. The first-order valence-electron chi connectivity index (χ1n) is 15.7. The second-order valence-corrected chi connectivity index (χ2v) is 14.3. The van der Waals surface area contributed by atoms with Crippen molar-refractivity contribution in [1.82, 2.24) is 26.8 Å². The zero-order valence-corrected chi connectivity index (χ0v) is 29.2. The van der Waals surface area contributed by atoms with E-state index in [2.05, 4.69) is 26.8 Å². The van der Waals surface area contributed by atoms with E-state index in [1.54, 1.807) is 26.0 Å². The average molecular weight is 724 g/mol. The predicted molar refractivity (Wildman–Crippen MR) is 183 cm³/mol. The molecular weight excluding hydrogens is 679 g/mol. The molecule has 1 aromatic rings. The number of nitrogens with two attached hydrogens (primary N) is 2. The van der Waals surface area contributed by atoms with Gasteiger partial charge in [-0.25, -0.2) is 10.9 Å². The van der Waals surface area contributed by atoms with E-state index in [1.165, 1.54) is 40.6 Å². The minimum atomic E-state index is -1.58. The molecule has 0 unspecified atom stereocenters. The topological polar surface area (TPSA) is 269 Å². The summed E-state index contributed by atoms with van der Waals surface area (Å²) in [6.45, 7) is 4.75. The highest BCUT2D eigenvalue weighted by molar-refractivity contribution is 8.76. The summed E-state index contributed by atoms with van der Waals surface area (Å²) in [5.41, 5.74) is 16.5. The van der Waals surface area contributed by atoms with Crippen molar-refractivity contribution in [3.05, 3.63) is 29.8 Å². The molecule has 5 amide bonds. The molecule has 1 fully saturated rings. The Bertz CT molecular complexity index is 1380. The number of carbonyl (C=O) groups excluding carboxylic acids is 8. The lowest BCUT2D eigenvalue weighted by atomic mass is 9.94. The molecular formula is C31H45N7O9S2. The van der Waals surface area contributed by atoms with Crippen LogP contribution in [0.15, 0.2) is 24.3 Å². The highest BCUT2D eigenvalue weighted by atomic mass is 33.1. The van der Waals surface area contributed by atoms with Gasteiger partial charge in [-0.2, -0.15) is 0 Å². The molecule has 18 heteroatoms. The summed E-state index contributed by atoms with van der Waals surface area (Å²) in [6, 6.07) is -0.338. The highest BCUT2D eigenvalue weighted by Crippen LogP contribution is 2.23. The molecule has 1 aromatic carbocycles. The second kappa shape index (κ2) is 20.5. The highest BCUT2D eigenvalue weighted by Gasteiger charge is 2.37. The number of phenols is 1. The van der Waals surface area contributed by atoms with Crippen molar-refractivity contribution in [3.8, 4) is 5.75 Å². The molecule has 49 heavy (non-hydrogen) atoms. The number of rotatable bonds is 10. The Morgan fingerprint density at radius 1 is 0.878 bits per heavy atom. The number of Topliss-reactive ketones (excluding diaryl/α,β-unsaturated/α-hetero) is 3. The minimum absolute atomic E-state index is 0.00865. The minimum Gasteiger partial charge on any atom is -0.508 e. The molecule has 1 aliphatic heterocycles. The first-order valence-corrected chi connectivity index (χ1v) is 18.2. The molecule has 1 heterocycles. The van der Waals surface area contributed by atoms with Crippen LogP contribution in [0, 0.1) is 5.92 Å². The lowest BCUT2D eigenvalue weighted by molar-refractivity contribution is -0.141. The van der Waals surface area contributed by atoms with Gasteiger partial charge in [0.1, 0.15) is 23.6 Å². The van der Waals surface area contributed by atoms with E-state index in [9.17, 15) is 43.5 Å². The number of aromatic hydroxyl groups is 1. The Balaban J connectivity index is 2.52. The molecule has 0 aromatic heterocycles. The van der Waals surface area contributed by atoms with Crippen LogP contribution >= 0.6 is 21.6 Å². The Labute approximate surface area is 292 Å². The maximum atomic E-state index is 13.7. The van der Waals surface area contributed by atoms with Crippen molar-refractivity contribution in [1.29, 1.82) is 0 Å². The average Bonchev–Trinajstić information content (AvgIpc) is 3.04. The fourth-order valence-corrected chi connectivity index (χ4v) is 6.88. The fourth-order valence-electron chi connectivity index (χ4n) is 4.64. The third-order valence-corrected chi connectivity index (χ3v) is 10.2. The van der Waals surface area contributed by atoms with Gasteiger partial charge in [0, 0.05) is 30.8 Å². The standard InChI is InChI=1S/C31H45N7O9S2/c1-4-16(2)27-31(47)35-20(9-10-24(32)41)28(44)29(45)21(14-25(33)42)37-38-23(17(3)39)15-49-48-12-11-26(43)34-22(30(46)36-27)13-18-5-7-19(40)8-6-18/h5-8,16,20-23,27,37-38,40H,4,9-15H2,1-3H3,(H2,32,41)(H2,33,42)(H,34,43)(H,35,47)(H,36,46)/t16-,20-,21-,22-,23-,27-/m0/s1. The normalized spacial score (nSPS) is 24.6. The molecule has 0 spiro atoms. The van der Waals surface area contributed by atoms with Crippen LogP contribution in [0.3, 0.4) is 0 Å². The number of carbonyl (C=O) groups is 8. The number of amides is 5. The molecule has 270 valence electrons. The van der Waals surface area contributed by atoms with Crippen molar-refractivity contribution in [2.75, 3.05) is 11.5 Å². The third-order valence-electron chi connectivity index (χ3n) is 7.75. The second-order valence-electron chi connectivity index (χ2n) is 11.7. The summed E-state index contributed by atoms with van der Waals surface area (Å²) in [4.78, 5) is 103. The number of hydrogen-bond acceptors (Lipinski definition) is 13. The first-order chi connectivity index (χ1) is 23.1. The molecule has 0 aliphatic carbocycles. The van der Waals surface area contributed by atoms with E-state index in [0.717, 1.165) is 0 Å². The van der Waals surface area contributed by atoms with Crippen molar-refractivity contribution < 1.29 is 43.5 Å². The third kappa shape index (κ3) is 14.2. The largest absolute Gasteiger partial charge is 0.508 e. The zero-order chi connectivity index (χ0) is 36.7. The number of hydrazine groups is 1. The summed E-state index contributed by atoms with van der Waals surface area (Å²) in [7, 11) is 2.54. The SMILES string of the molecule is CC[C@H](C)[C@@H]1NC(=O)[C@H](Cc2ccc(O)cc2)NC(=O)CCSSC[C@@H](C(C)=O)NN[C@@H](CC(N)=O)C(=O)C(=O)[C@H](CCC(N)=O)NC1=O. The van der Waals surface area contributed by atoms with E-state index in [4.69, 9.17) is 11.5 Å². The molecule has 0 bridgehead atoms. The van der Waals surface area contributed by atoms with Crippen LogP contribution in [0.2, 0.25) is 0 Å². The van der Waals surface area contributed by atoms with Gasteiger partial charge in [0.2, 0.25) is 41.1 Å². The molecule has 0 radical (unpaired) electrons. The summed E-state index contributed by atoms with van der Waals surface area (Å²) in [6.07, 6.45) is -0.964. The van der Waals surface area contributed by atoms with E-state index in [1.807, 2.05) is 0 Å². The summed E-state index contributed by atoms with van der Waals surface area (Å²) in [5, 5.41) is 17.6. The van der Waals surface area contributed by atoms with Crippen molar-refractivity contribution in [2.45, 2.75) is 89.5 Å². The molecule has 0 saturated carbocycles. The van der Waals surface area contributed by atoms with Crippen LogP contribution < -0.4 is 38.3 Å². The van der Waals surface area contributed by atoms with E-state index < -0.39 is 90.1 Å².